The number of ether oxygens (including phenoxy) is 1. The second-order valence-electron chi connectivity index (χ2n) is 6.13. The number of methoxy groups -OCH3 is 1. The molecule has 0 amide bonds. The largest absolute Gasteiger partial charge is 0.465 e. The molecule has 2 aromatic rings. The van der Waals surface area contributed by atoms with E-state index in [1.807, 2.05) is 0 Å². The lowest BCUT2D eigenvalue weighted by Crippen LogP contribution is -2.31. The van der Waals surface area contributed by atoms with Crippen molar-refractivity contribution >= 4 is 29.1 Å². The first-order chi connectivity index (χ1) is 12.7. The minimum absolute atomic E-state index is 0.342. The van der Waals surface area contributed by atoms with Crippen LogP contribution in [0.15, 0.2) is 24.7 Å². The quantitative estimate of drug-likeness (QED) is 0.567. The first-order valence-corrected chi connectivity index (χ1v) is 8.53. The van der Waals surface area contributed by atoms with E-state index in [1.165, 1.54) is 25.7 Å². The molecular formula is C17H23N7O2. The summed E-state index contributed by atoms with van der Waals surface area (Å²) in [6.45, 7) is 2.83. The highest BCUT2D eigenvalue weighted by Gasteiger charge is 2.17. The van der Waals surface area contributed by atoms with Crippen molar-refractivity contribution in [1.82, 2.24) is 20.3 Å². The molecule has 0 saturated carbocycles. The molecule has 0 spiro atoms. The average molecular weight is 357 g/mol. The van der Waals surface area contributed by atoms with Gasteiger partial charge in [-0.1, -0.05) is 0 Å². The number of carbonyl (C=O) groups excluding carboxylic acids is 1. The summed E-state index contributed by atoms with van der Waals surface area (Å²) in [5.41, 5.74) is 6.62. The highest BCUT2D eigenvalue weighted by molar-refractivity contribution is 5.95. The number of carbonyl (C=O) groups is 1. The summed E-state index contributed by atoms with van der Waals surface area (Å²) in [5, 5.41) is 9.77. The number of nitrogens with two attached hydrogens (primary N) is 1. The molecule has 138 valence electrons. The van der Waals surface area contributed by atoms with E-state index in [0.29, 0.717) is 34.6 Å². The standard InChI is InChI=1S/C17H23N7O2/c1-26-17(25)12-8-22-15(24-16-10-21-14(18)9-23-16)6-13(12)20-7-11-2-4-19-5-3-11/h6,8-11,19H,2-5,7H2,1H3,(H2,18,21)(H2,20,22,23,24). The molecule has 1 saturated heterocycles. The number of hydrogen-bond acceptors (Lipinski definition) is 9. The van der Waals surface area contributed by atoms with Crippen molar-refractivity contribution in [3.8, 4) is 0 Å². The molecule has 1 aliphatic heterocycles. The smallest absolute Gasteiger partial charge is 0.341 e. The number of aromatic nitrogens is 3. The molecule has 0 bridgehead atoms. The minimum atomic E-state index is -0.427. The van der Waals surface area contributed by atoms with Gasteiger partial charge in [0, 0.05) is 18.8 Å². The number of rotatable bonds is 6. The molecule has 9 heteroatoms. The fourth-order valence-corrected chi connectivity index (χ4v) is 2.82. The Morgan fingerprint density at radius 1 is 1.23 bits per heavy atom. The van der Waals surface area contributed by atoms with E-state index in [1.54, 1.807) is 6.07 Å². The minimum Gasteiger partial charge on any atom is -0.465 e. The highest BCUT2D eigenvalue weighted by atomic mass is 16.5. The summed E-state index contributed by atoms with van der Waals surface area (Å²) in [6, 6.07) is 1.77. The molecule has 1 fully saturated rings. The number of esters is 1. The summed E-state index contributed by atoms with van der Waals surface area (Å²) in [7, 11) is 1.36. The van der Waals surface area contributed by atoms with Crippen molar-refractivity contribution in [3.05, 3.63) is 30.2 Å². The molecule has 26 heavy (non-hydrogen) atoms. The molecule has 0 unspecified atom stereocenters. The van der Waals surface area contributed by atoms with Gasteiger partial charge in [-0.15, -0.1) is 0 Å². The van der Waals surface area contributed by atoms with Gasteiger partial charge < -0.3 is 26.4 Å². The molecule has 1 aliphatic rings. The molecule has 0 radical (unpaired) electrons. The third kappa shape index (κ3) is 4.57. The number of pyridine rings is 1. The number of anilines is 4. The normalized spacial score (nSPS) is 14.7. The summed E-state index contributed by atoms with van der Waals surface area (Å²) < 4.78 is 4.85. The fraction of sp³-hybridized carbons (Fsp3) is 0.412. The molecule has 5 N–H and O–H groups in total. The summed E-state index contributed by atoms with van der Waals surface area (Å²) >= 11 is 0. The molecule has 3 rings (SSSR count). The van der Waals surface area contributed by atoms with Crippen LogP contribution in [0.2, 0.25) is 0 Å². The lowest BCUT2D eigenvalue weighted by atomic mass is 9.98. The monoisotopic (exact) mass is 357 g/mol. The van der Waals surface area contributed by atoms with Gasteiger partial charge in [0.1, 0.15) is 23.0 Å². The predicted octanol–water partition coefficient (Wildman–Crippen LogP) is 1.40. The van der Waals surface area contributed by atoms with Crippen LogP contribution in [0.25, 0.3) is 0 Å². The highest BCUT2D eigenvalue weighted by Crippen LogP contribution is 2.23. The maximum absolute atomic E-state index is 12.0. The molecular weight excluding hydrogens is 334 g/mol. The van der Waals surface area contributed by atoms with Crippen molar-refractivity contribution in [2.24, 2.45) is 5.92 Å². The van der Waals surface area contributed by atoms with Crippen molar-refractivity contribution < 1.29 is 9.53 Å². The SMILES string of the molecule is COC(=O)c1cnc(Nc2cnc(N)cn2)cc1NCC1CCNCC1. The Morgan fingerprint density at radius 2 is 2.00 bits per heavy atom. The van der Waals surface area contributed by atoms with Gasteiger partial charge in [0.05, 0.1) is 25.2 Å². The number of nitrogen functional groups attached to an aromatic ring is 1. The van der Waals surface area contributed by atoms with Gasteiger partial charge in [-0.05, 0) is 31.8 Å². The summed E-state index contributed by atoms with van der Waals surface area (Å²) in [6.07, 6.45) is 6.69. The van der Waals surface area contributed by atoms with E-state index >= 15 is 0 Å². The zero-order valence-electron chi connectivity index (χ0n) is 14.7. The molecule has 9 nitrogen and oxygen atoms in total. The van der Waals surface area contributed by atoms with Gasteiger partial charge in [-0.3, -0.25) is 0 Å². The van der Waals surface area contributed by atoms with Crippen LogP contribution in [0.5, 0.6) is 0 Å². The van der Waals surface area contributed by atoms with Gasteiger partial charge in [0.25, 0.3) is 0 Å². The number of nitrogens with one attached hydrogen (secondary N) is 3. The van der Waals surface area contributed by atoms with Crippen LogP contribution in [0.3, 0.4) is 0 Å². The fourth-order valence-electron chi connectivity index (χ4n) is 2.82. The van der Waals surface area contributed by atoms with E-state index in [0.717, 1.165) is 32.5 Å². The number of nitrogens with zero attached hydrogens (tertiary/aromatic N) is 3. The zero-order valence-corrected chi connectivity index (χ0v) is 14.7. The topological polar surface area (TPSA) is 127 Å². The van der Waals surface area contributed by atoms with Crippen LogP contribution in [0, 0.1) is 5.92 Å². The molecule has 0 aliphatic carbocycles. The first-order valence-electron chi connectivity index (χ1n) is 8.53. The predicted molar refractivity (Wildman–Crippen MR) is 99.4 cm³/mol. The third-order valence-electron chi connectivity index (χ3n) is 4.28. The van der Waals surface area contributed by atoms with Crippen molar-refractivity contribution in [2.45, 2.75) is 12.8 Å². The van der Waals surface area contributed by atoms with Gasteiger partial charge in [0.15, 0.2) is 0 Å². The Hall–Kier alpha value is -2.94. The van der Waals surface area contributed by atoms with Crippen LogP contribution in [-0.4, -0.2) is 47.7 Å². The maximum atomic E-state index is 12.0. The van der Waals surface area contributed by atoms with Crippen LogP contribution in [-0.2, 0) is 4.74 Å². The first kappa shape index (κ1) is 17.9. The average Bonchev–Trinajstić information content (AvgIpc) is 2.68. The Morgan fingerprint density at radius 3 is 2.69 bits per heavy atom. The van der Waals surface area contributed by atoms with Gasteiger partial charge >= 0.3 is 5.97 Å². The van der Waals surface area contributed by atoms with Crippen LogP contribution < -0.4 is 21.7 Å². The van der Waals surface area contributed by atoms with E-state index in [9.17, 15) is 4.79 Å². The van der Waals surface area contributed by atoms with Crippen LogP contribution in [0.1, 0.15) is 23.2 Å². The Labute approximate surface area is 151 Å². The van der Waals surface area contributed by atoms with Gasteiger partial charge in [0.2, 0.25) is 0 Å². The molecule has 0 aromatic carbocycles. The van der Waals surface area contributed by atoms with Crippen LogP contribution in [0.4, 0.5) is 23.1 Å². The number of piperidine rings is 1. The van der Waals surface area contributed by atoms with Crippen molar-refractivity contribution in [3.63, 3.8) is 0 Å². The molecule has 0 atom stereocenters. The van der Waals surface area contributed by atoms with Crippen LogP contribution >= 0.6 is 0 Å². The molecule has 2 aromatic heterocycles. The van der Waals surface area contributed by atoms with Crippen molar-refractivity contribution in [2.75, 3.05) is 43.1 Å². The molecule has 3 heterocycles. The lowest BCUT2D eigenvalue weighted by Gasteiger charge is -2.23. The van der Waals surface area contributed by atoms with E-state index < -0.39 is 5.97 Å². The van der Waals surface area contributed by atoms with Crippen molar-refractivity contribution in [1.29, 1.82) is 0 Å². The summed E-state index contributed by atoms with van der Waals surface area (Å²) in [4.78, 5) is 24.4. The van der Waals surface area contributed by atoms with Gasteiger partial charge in [-0.2, -0.15) is 0 Å². The Balaban J connectivity index is 1.76. The summed E-state index contributed by atoms with van der Waals surface area (Å²) in [5.74, 6) is 1.54. The van der Waals surface area contributed by atoms with Gasteiger partial charge in [-0.25, -0.2) is 19.7 Å². The van der Waals surface area contributed by atoms with E-state index in [2.05, 4.69) is 30.9 Å². The Bertz CT molecular complexity index is 745. The maximum Gasteiger partial charge on any atom is 0.341 e. The number of hydrogen-bond donors (Lipinski definition) is 4. The third-order valence-corrected chi connectivity index (χ3v) is 4.28. The Kier molecular flexibility index (Phi) is 5.80. The zero-order chi connectivity index (χ0) is 18.4. The second-order valence-corrected chi connectivity index (χ2v) is 6.13. The lowest BCUT2D eigenvalue weighted by molar-refractivity contribution is 0.0601. The van der Waals surface area contributed by atoms with E-state index in [-0.39, 0.29) is 0 Å². The second kappa shape index (κ2) is 8.43. The van der Waals surface area contributed by atoms with E-state index in [4.69, 9.17) is 10.5 Å².